The second-order valence-electron chi connectivity index (χ2n) is 5.31. The van der Waals surface area contributed by atoms with E-state index in [9.17, 15) is 0 Å². The van der Waals surface area contributed by atoms with Gasteiger partial charge in [-0.3, -0.25) is 0 Å². The van der Waals surface area contributed by atoms with Gasteiger partial charge in [0.2, 0.25) is 0 Å². The average molecular weight is 154 g/mol. The van der Waals surface area contributed by atoms with E-state index in [4.69, 9.17) is 0 Å². The topological polar surface area (TPSA) is 0 Å². The van der Waals surface area contributed by atoms with Crippen molar-refractivity contribution in [3.05, 3.63) is 0 Å². The van der Waals surface area contributed by atoms with Crippen molar-refractivity contribution >= 4 is 0 Å². The first-order valence-corrected chi connectivity index (χ1v) is 4.90. The summed E-state index contributed by atoms with van der Waals surface area (Å²) >= 11 is 0. The van der Waals surface area contributed by atoms with Gasteiger partial charge in [0, 0.05) is 0 Å². The standard InChI is InChI=1S/C11H22/c1-9(2)11(5)8-6-7-10(11,3)4/h9H,6-8H2,1-5H3. The number of hydrogen-bond acceptors (Lipinski definition) is 0. The summed E-state index contributed by atoms with van der Waals surface area (Å²) in [6, 6.07) is 0. The minimum atomic E-state index is 0.571. The first kappa shape index (κ1) is 9.09. The fourth-order valence-corrected chi connectivity index (χ4v) is 2.59. The van der Waals surface area contributed by atoms with Crippen LogP contribution in [0, 0.1) is 16.7 Å². The third kappa shape index (κ3) is 1.21. The van der Waals surface area contributed by atoms with E-state index >= 15 is 0 Å². The van der Waals surface area contributed by atoms with Gasteiger partial charge in [0.1, 0.15) is 0 Å². The van der Waals surface area contributed by atoms with Crippen LogP contribution in [-0.2, 0) is 0 Å². The van der Waals surface area contributed by atoms with Crippen molar-refractivity contribution in [1.29, 1.82) is 0 Å². The molecule has 1 rings (SSSR count). The molecule has 66 valence electrons. The molecule has 0 aromatic rings. The van der Waals surface area contributed by atoms with Gasteiger partial charge in [0.15, 0.2) is 0 Å². The average Bonchev–Trinajstić information content (AvgIpc) is 2.09. The zero-order valence-electron chi connectivity index (χ0n) is 8.70. The van der Waals surface area contributed by atoms with Crippen molar-refractivity contribution in [3.8, 4) is 0 Å². The van der Waals surface area contributed by atoms with Crippen LogP contribution in [0.2, 0.25) is 0 Å². The van der Waals surface area contributed by atoms with E-state index < -0.39 is 0 Å². The van der Waals surface area contributed by atoms with Crippen LogP contribution < -0.4 is 0 Å². The molecule has 0 N–H and O–H groups in total. The lowest BCUT2D eigenvalue weighted by Gasteiger charge is -2.42. The molecule has 11 heavy (non-hydrogen) atoms. The van der Waals surface area contributed by atoms with E-state index in [0.29, 0.717) is 10.8 Å². The summed E-state index contributed by atoms with van der Waals surface area (Å²) in [5.41, 5.74) is 1.16. The predicted octanol–water partition coefficient (Wildman–Crippen LogP) is 3.86. The van der Waals surface area contributed by atoms with Crippen molar-refractivity contribution < 1.29 is 0 Å². The summed E-state index contributed by atoms with van der Waals surface area (Å²) < 4.78 is 0. The van der Waals surface area contributed by atoms with Crippen LogP contribution in [0.5, 0.6) is 0 Å². The smallest absolute Gasteiger partial charge is 0.0252 e. The monoisotopic (exact) mass is 154 g/mol. The molecule has 1 aliphatic carbocycles. The highest BCUT2D eigenvalue weighted by Crippen LogP contribution is 2.56. The van der Waals surface area contributed by atoms with Gasteiger partial charge in [-0.25, -0.2) is 0 Å². The van der Waals surface area contributed by atoms with E-state index in [1.165, 1.54) is 19.3 Å². The van der Waals surface area contributed by atoms with Crippen molar-refractivity contribution in [2.75, 3.05) is 0 Å². The molecule has 1 aliphatic rings. The lowest BCUT2D eigenvalue weighted by Crippen LogP contribution is -2.34. The molecule has 0 aliphatic heterocycles. The van der Waals surface area contributed by atoms with Gasteiger partial charge in [-0.15, -0.1) is 0 Å². The van der Waals surface area contributed by atoms with E-state index in [0.717, 1.165) is 5.92 Å². The molecule has 0 amide bonds. The van der Waals surface area contributed by atoms with Gasteiger partial charge in [-0.1, -0.05) is 41.0 Å². The molecule has 1 fully saturated rings. The SMILES string of the molecule is CC(C)C1(C)CCCC1(C)C. The normalized spacial score (nSPS) is 36.5. The molecule has 0 aromatic carbocycles. The van der Waals surface area contributed by atoms with Crippen LogP contribution >= 0.6 is 0 Å². The highest BCUT2D eigenvalue weighted by molar-refractivity contribution is 4.96. The quantitative estimate of drug-likeness (QED) is 0.538. The number of rotatable bonds is 1. The Labute approximate surface area is 71.4 Å². The van der Waals surface area contributed by atoms with Crippen molar-refractivity contribution in [3.63, 3.8) is 0 Å². The Balaban J connectivity index is 2.84. The van der Waals surface area contributed by atoms with Gasteiger partial charge in [0.05, 0.1) is 0 Å². The lowest BCUT2D eigenvalue weighted by atomic mass is 9.63. The molecule has 0 spiro atoms. The highest BCUT2D eigenvalue weighted by Gasteiger charge is 2.46. The largest absolute Gasteiger partial charge is 0.0622 e. The summed E-state index contributed by atoms with van der Waals surface area (Å²) in [4.78, 5) is 0. The van der Waals surface area contributed by atoms with Crippen LogP contribution in [0.3, 0.4) is 0 Å². The molecule has 0 heterocycles. The predicted molar refractivity (Wildman–Crippen MR) is 50.6 cm³/mol. The molecule has 0 bridgehead atoms. The number of hydrogen-bond donors (Lipinski definition) is 0. The van der Waals surface area contributed by atoms with Gasteiger partial charge in [-0.05, 0) is 29.6 Å². The summed E-state index contributed by atoms with van der Waals surface area (Å²) in [5.74, 6) is 0.833. The maximum Gasteiger partial charge on any atom is -0.0252 e. The van der Waals surface area contributed by atoms with Gasteiger partial charge in [-0.2, -0.15) is 0 Å². The van der Waals surface area contributed by atoms with E-state index in [1.54, 1.807) is 0 Å². The van der Waals surface area contributed by atoms with E-state index in [1.807, 2.05) is 0 Å². The molecular formula is C11H22. The Morgan fingerprint density at radius 2 is 1.55 bits per heavy atom. The highest BCUT2D eigenvalue weighted by atomic mass is 14.5. The van der Waals surface area contributed by atoms with Crippen LogP contribution in [0.4, 0.5) is 0 Å². The van der Waals surface area contributed by atoms with Crippen molar-refractivity contribution in [1.82, 2.24) is 0 Å². The Kier molecular flexibility index (Phi) is 2.07. The minimum absolute atomic E-state index is 0.571. The molecular weight excluding hydrogens is 132 g/mol. The van der Waals surface area contributed by atoms with Gasteiger partial charge < -0.3 is 0 Å². The Hall–Kier alpha value is 0. The fourth-order valence-electron chi connectivity index (χ4n) is 2.59. The van der Waals surface area contributed by atoms with Crippen LogP contribution in [0.25, 0.3) is 0 Å². The molecule has 0 radical (unpaired) electrons. The maximum atomic E-state index is 2.46. The first-order chi connectivity index (χ1) is 4.90. The minimum Gasteiger partial charge on any atom is -0.0622 e. The van der Waals surface area contributed by atoms with Crippen LogP contribution in [0.15, 0.2) is 0 Å². The molecule has 1 saturated carbocycles. The Morgan fingerprint density at radius 3 is 1.73 bits per heavy atom. The zero-order chi connectivity index (χ0) is 8.70. The summed E-state index contributed by atoms with van der Waals surface area (Å²) in [6.45, 7) is 12.1. The Morgan fingerprint density at radius 1 is 1.00 bits per heavy atom. The third-order valence-electron chi connectivity index (χ3n) is 4.32. The second-order valence-corrected chi connectivity index (χ2v) is 5.31. The molecule has 0 saturated heterocycles. The molecule has 0 heteroatoms. The van der Waals surface area contributed by atoms with E-state index in [2.05, 4.69) is 34.6 Å². The third-order valence-corrected chi connectivity index (χ3v) is 4.32. The lowest BCUT2D eigenvalue weighted by molar-refractivity contribution is 0.0732. The zero-order valence-corrected chi connectivity index (χ0v) is 8.70. The first-order valence-electron chi connectivity index (χ1n) is 4.90. The van der Waals surface area contributed by atoms with Crippen LogP contribution in [0.1, 0.15) is 53.9 Å². The fraction of sp³-hybridized carbons (Fsp3) is 1.00. The Bertz CT molecular complexity index is 144. The molecule has 1 atom stereocenters. The summed E-state index contributed by atoms with van der Waals surface area (Å²) in [6.07, 6.45) is 4.28. The maximum absolute atomic E-state index is 2.46. The summed E-state index contributed by atoms with van der Waals surface area (Å²) in [5, 5.41) is 0. The van der Waals surface area contributed by atoms with Crippen LogP contribution in [-0.4, -0.2) is 0 Å². The van der Waals surface area contributed by atoms with Crippen molar-refractivity contribution in [2.45, 2.75) is 53.9 Å². The summed E-state index contributed by atoms with van der Waals surface area (Å²) in [7, 11) is 0. The molecule has 0 nitrogen and oxygen atoms in total. The van der Waals surface area contributed by atoms with Crippen molar-refractivity contribution in [2.24, 2.45) is 16.7 Å². The van der Waals surface area contributed by atoms with Gasteiger partial charge >= 0.3 is 0 Å². The molecule has 1 unspecified atom stereocenters. The van der Waals surface area contributed by atoms with E-state index in [-0.39, 0.29) is 0 Å². The second kappa shape index (κ2) is 2.50. The molecule has 0 aromatic heterocycles. The van der Waals surface area contributed by atoms with Gasteiger partial charge in [0.25, 0.3) is 0 Å².